The fraction of sp³-hybridized carbons (Fsp3) is 1.00. The zero-order valence-electron chi connectivity index (χ0n) is 8.05. The molecular weight excluding hydrogens is 172 g/mol. The van der Waals surface area contributed by atoms with E-state index in [0.717, 1.165) is 0 Å². The molecule has 4 nitrogen and oxygen atoms in total. The van der Waals surface area contributed by atoms with E-state index in [-0.39, 0.29) is 5.92 Å². The Labute approximate surface area is 78.1 Å². The standard InChI is InChI=1S/C9H18O4/c1-3-5-7(10)8(11)6(4-2)13-9(5)12/h5-12H,3-4H2,1-2H3. The Bertz CT molecular complexity index is 162. The normalized spacial score (nSPS) is 46.4. The highest BCUT2D eigenvalue weighted by Gasteiger charge is 2.41. The minimum Gasteiger partial charge on any atom is -0.390 e. The van der Waals surface area contributed by atoms with Crippen LogP contribution in [0.25, 0.3) is 0 Å². The van der Waals surface area contributed by atoms with Crippen LogP contribution >= 0.6 is 0 Å². The van der Waals surface area contributed by atoms with Crippen LogP contribution in [0.3, 0.4) is 0 Å². The Morgan fingerprint density at radius 1 is 1.00 bits per heavy atom. The molecular formula is C9H18O4. The Kier molecular flexibility index (Phi) is 3.67. The molecule has 1 heterocycles. The van der Waals surface area contributed by atoms with Gasteiger partial charge in [0.1, 0.15) is 6.10 Å². The van der Waals surface area contributed by atoms with E-state index in [0.29, 0.717) is 12.8 Å². The van der Waals surface area contributed by atoms with Gasteiger partial charge in [0.05, 0.1) is 12.2 Å². The van der Waals surface area contributed by atoms with E-state index in [4.69, 9.17) is 4.74 Å². The van der Waals surface area contributed by atoms with Gasteiger partial charge in [0.15, 0.2) is 6.29 Å². The summed E-state index contributed by atoms with van der Waals surface area (Å²) >= 11 is 0. The topological polar surface area (TPSA) is 69.9 Å². The van der Waals surface area contributed by atoms with Gasteiger partial charge in [0.25, 0.3) is 0 Å². The number of rotatable bonds is 2. The van der Waals surface area contributed by atoms with E-state index in [2.05, 4.69) is 0 Å². The molecule has 0 aromatic rings. The van der Waals surface area contributed by atoms with Crippen LogP contribution in [0.1, 0.15) is 26.7 Å². The van der Waals surface area contributed by atoms with Crippen LogP contribution in [0, 0.1) is 5.92 Å². The third-order valence-electron chi connectivity index (χ3n) is 2.72. The second kappa shape index (κ2) is 4.37. The molecule has 4 heteroatoms. The highest BCUT2D eigenvalue weighted by atomic mass is 16.6. The average Bonchev–Trinajstić information content (AvgIpc) is 2.12. The predicted octanol–water partition coefficient (Wildman–Crippen LogP) is -0.138. The van der Waals surface area contributed by atoms with E-state index in [1.165, 1.54) is 0 Å². The average molecular weight is 190 g/mol. The SMILES string of the molecule is CCC1OC(O)C(CC)C(O)C1O. The molecule has 1 saturated heterocycles. The van der Waals surface area contributed by atoms with Gasteiger partial charge in [0, 0.05) is 5.92 Å². The molecule has 1 aliphatic rings. The van der Waals surface area contributed by atoms with Crippen molar-refractivity contribution < 1.29 is 20.1 Å². The molecule has 78 valence electrons. The van der Waals surface area contributed by atoms with E-state index in [1.807, 2.05) is 13.8 Å². The van der Waals surface area contributed by atoms with Crippen LogP contribution in [-0.2, 0) is 4.74 Å². The van der Waals surface area contributed by atoms with Crippen molar-refractivity contribution in [1.82, 2.24) is 0 Å². The van der Waals surface area contributed by atoms with Crippen molar-refractivity contribution in [3.63, 3.8) is 0 Å². The molecule has 1 fully saturated rings. The first-order valence-electron chi connectivity index (χ1n) is 4.81. The fourth-order valence-electron chi connectivity index (χ4n) is 1.78. The van der Waals surface area contributed by atoms with Gasteiger partial charge in [0.2, 0.25) is 0 Å². The first-order valence-corrected chi connectivity index (χ1v) is 4.81. The summed E-state index contributed by atoms with van der Waals surface area (Å²) in [6.45, 7) is 3.69. The lowest BCUT2D eigenvalue weighted by Crippen LogP contribution is -2.53. The monoisotopic (exact) mass is 190 g/mol. The van der Waals surface area contributed by atoms with Crippen molar-refractivity contribution in [1.29, 1.82) is 0 Å². The molecule has 0 aliphatic carbocycles. The summed E-state index contributed by atoms with van der Waals surface area (Å²) in [7, 11) is 0. The van der Waals surface area contributed by atoms with Crippen LogP contribution in [-0.4, -0.2) is 39.9 Å². The molecule has 1 aliphatic heterocycles. The van der Waals surface area contributed by atoms with Crippen molar-refractivity contribution in [2.75, 3.05) is 0 Å². The molecule has 5 atom stereocenters. The van der Waals surface area contributed by atoms with E-state index in [1.54, 1.807) is 0 Å². The maximum Gasteiger partial charge on any atom is 0.160 e. The Morgan fingerprint density at radius 3 is 2.08 bits per heavy atom. The van der Waals surface area contributed by atoms with Gasteiger partial charge < -0.3 is 20.1 Å². The van der Waals surface area contributed by atoms with Crippen LogP contribution in [0.5, 0.6) is 0 Å². The summed E-state index contributed by atoms with van der Waals surface area (Å²) in [5.41, 5.74) is 0. The number of hydrogen-bond donors (Lipinski definition) is 3. The van der Waals surface area contributed by atoms with Crippen molar-refractivity contribution in [2.45, 2.75) is 51.3 Å². The minimum absolute atomic E-state index is 0.377. The van der Waals surface area contributed by atoms with Crippen molar-refractivity contribution in [3.05, 3.63) is 0 Å². The summed E-state index contributed by atoms with van der Waals surface area (Å²) in [6, 6.07) is 0. The molecule has 5 unspecified atom stereocenters. The largest absolute Gasteiger partial charge is 0.390 e. The summed E-state index contributed by atoms with van der Waals surface area (Å²) in [5, 5.41) is 28.7. The third-order valence-corrected chi connectivity index (χ3v) is 2.72. The minimum atomic E-state index is -0.951. The molecule has 0 saturated carbocycles. The quantitative estimate of drug-likeness (QED) is 0.567. The fourth-order valence-corrected chi connectivity index (χ4v) is 1.78. The molecule has 1 rings (SSSR count). The zero-order chi connectivity index (χ0) is 10.0. The van der Waals surface area contributed by atoms with Gasteiger partial charge in [-0.2, -0.15) is 0 Å². The lowest BCUT2D eigenvalue weighted by atomic mass is 9.88. The van der Waals surface area contributed by atoms with Gasteiger partial charge >= 0.3 is 0 Å². The Hall–Kier alpha value is -0.160. The first-order chi connectivity index (χ1) is 6.11. The van der Waals surface area contributed by atoms with Gasteiger partial charge in [-0.05, 0) is 12.8 Å². The van der Waals surface area contributed by atoms with Gasteiger partial charge in [-0.25, -0.2) is 0 Å². The van der Waals surface area contributed by atoms with Crippen LogP contribution in [0.2, 0.25) is 0 Å². The smallest absolute Gasteiger partial charge is 0.160 e. The Balaban J connectivity index is 2.66. The lowest BCUT2D eigenvalue weighted by molar-refractivity contribution is -0.264. The maximum atomic E-state index is 9.62. The molecule has 13 heavy (non-hydrogen) atoms. The molecule has 0 aromatic heterocycles. The summed E-state index contributed by atoms with van der Waals surface area (Å²) in [4.78, 5) is 0. The highest BCUT2D eigenvalue weighted by Crippen LogP contribution is 2.28. The van der Waals surface area contributed by atoms with Crippen LogP contribution in [0.4, 0.5) is 0 Å². The molecule has 0 radical (unpaired) electrons. The predicted molar refractivity (Wildman–Crippen MR) is 47.0 cm³/mol. The maximum absolute atomic E-state index is 9.62. The number of ether oxygens (including phenoxy) is 1. The van der Waals surface area contributed by atoms with E-state index >= 15 is 0 Å². The molecule has 0 spiro atoms. The second-order valence-corrected chi connectivity index (χ2v) is 3.53. The summed E-state index contributed by atoms with van der Waals surface area (Å²) in [6.07, 6.45) is -1.97. The van der Waals surface area contributed by atoms with E-state index < -0.39 is 24.6 Å². The Morgan fingerprint density at radius 2 is 1.62 bits per heavy atom. The molecule has 0 bridgehead atoms. The number of aliphatic hydroxyl groups excluding tert-OH is 3. The number of aliphatic hydroxyl groups is 3. The van der Waals surface area contributed by atoms with Gasteiger partial charge in [-0.15, -0.1) is 0 Å². The summed E-state index contributed by atoms with van der Waals surface area (Å²) < 4.78 is 5.17. The van der Waals surface area contributed by atoms with Crippen LogP contribution < -0.4 is 0 Å². The molecule has 0 amide bonds. The van der Waals surface area contributed by atoms with Gasteiger partial charge in [-0.3, -0.25) is 0 Å². The van der Waals surface area contributed by atoms with E-state index in [9.17, 15) is 15.3 Å². The summed E-state index contributed by atoms with van der Waals surface area (Å²) in [5.74, 6) is -0.377. The molecule has 3 N–H and O–H groups in total. The third kappa shape index (κ3) is 2.02. The zero-order valence-corrected chi connectivity index (χ0v) is 8.05. The first kappa shape index (κ1) is 10.9. The highest BCUT2D eigenvalue weighted by molar-refractivity contribution is 4.87. The lowest BCUT2D eigenvalue weighted by Gasteiger charge is -2.40. The molecule has 0 aromatic carbocycles. The van der Waals surface area contributed by atoms with Crippen molar-refractivity contribution in [3.8, 4) is 0 Å². The van der Waals surface area contributed by atoms with Crippen molar-refractivity contribution >= 4 is 0 Å². The van der Waals surface area contributed by atoms with Crippen molar-refractivity contribution in [2.24, 2.45) is 5.92 Å². The van der Waals surface area contributed by atoms with Crippen LogP contribution in [0.15, 0.2) is 0 Å². The second-order valence-electron chi connectivity index (χ2n) is 3.53. The number of hydrogen-bond acceptors (Lipinski definition) is 4. The van der Waals surface area contributed by atoms with Gasteiger partial charge in [-0.1, -0.05) is 13.8 Å².